The fourth-order valence-electron chi connectivity index (χ4n) is 1.90. The number of amides is 2. The monoisotopic (exact) mass is 244 g/mol. The number of benzene rings is 1. The van der Waals surface area contributed by atoms with E-state index < -0.39 is 11.8 Å². The van der Waals surface area contributed by atoms with Crippen LogP contribution in [0.4, 0.5) is 0 Å². The molecule has 1 aromatic rings. The summed E-state index contributed by atoms with van der Waals surface area (Å²) in [6.07, 6.45) is 4.40. The predicted octanol–water partition coefficient (Wildman–Crippen LogP) is 1.34. The highest BCUT2D eigenvalue weighted by atomic mass is 16.2. The van der Waals surface area contributed by atoms with Crippen molar-refractivity contribution in [1.82, 2.24) is 0 Å². The average Bonchev–Trinajstić information content (AvgIpc) is 2.30. The maximum absolute atomic E-state index is 11.5. The Hall–Kier alpha value is -2.36. The van der Waals surface area contributed by atoms with Gasteiger partial charge in [0.25, 0.3) is 0 Å². The number of allylic oxidation sites excluding steroid dienone is 2. The van der Waals surface area contributed by atoms with Crippen LogP contribution in [-0.2, 0) is 12.8 Å². The molecule has 0 heterocycles. The molecule has 94 valence electrons. The Morgan fingerprint density at radius 1 is 1.06 bits per heavy atom. The molecular formula is C14H16N2O2. The molecule has 1 aromatic carbocycles. The van der Waals surface area contributed by atoms with E-state index in [-0.39, 0.29) is 11.1 Å². The molecular weight excluding hydrogens is 228 g/mol. The van der Waals surface area contributed by atoms with Crippen LogP contribution in [0.5, 0.6) is 0 Å². The van der Waals surface area contributed by atoms with E-state index in [9.17, 15) is 9.59 Å². The van der Waals surface area contributed by atoms with E-state index in [0.29, 0.717) is 18.4 Å². The number of nitrogens with two attached hydrogens (primary N) is 2. The zero-order valence-electron chi connectivity index (χ0n) is 10.1. The topological polar surface area (TPSA) is 86.2 Å². The summed E-state index contributed by atoms with van der Waals surface area (Å²) in [6.45, 7) is 7.29. The lowest BCUT2D eigenvalue weighted by Gasteiger charge is -2.13. The van der Waals surface area contributed by atoms with Crippen LogP contribution in [0.2, 0.25) is 0 Å². The molecule has 4 heteroatoms. The quantitative estimate of drug-likeness (QED) is 0.740. The third-order valence-corrected chi connectivity index (χ3v) is 2.63. The molecule has 0 bridgehead atoms. The van der Waals surface area contributed by atoms with Crippen LogP contribution in [0.25, 0.3) is 0 Å². The first kappa shape index (κ1) is 13.7. The minimum atomic E-state index is -0.667. The molecule has 0 saturated heterocycles. The Bertz CT molecular complexity index is 519. The summed E-state index contributed by atoms with van der Waals surface area (Å²) in [5, 5.41) is 0. The highest BCUT2D eigenvalue weighted by Crippen LogP contribution is 2.21. The van der Waals surface area contributed by atoms with Crippen molar-refractivity contribution in [3.05, 3.63) is 59.7 Å². The first-order valence-electron chi connectivity index (χ1n) is 5.49. The number of carbonyl (C=O) groups is 2. The summed E-state index contributed by atoms with van der Waals surface area (Å²) in [6, 6.07) is 3.28. The summed E-state index contributed by atoms with van der Waals surface area (Å²) < 4.78 is 0. The highest BCUT2D eigenvalue weighted by molar-refractivity contribution is 6.07. The Morgan fingerprint density at radius 3 is 2.11 bits per heavy atom. The van der Waals surface area contributed by atoms with Crippen molar-refractivity contribution in [2.75, 3.05) is 0 Å². The molecule has 0 atom stereocenters. The summed E-state index contributed by atoms with van der Waals surface area (Å²) in [5.41, 5.74) is 12.5. The fourth-order valence-corrected chi connectivity index (χ4v) is 1.90. The lowest BCUT2D eigenvalue weighted by Crippen LogP contribution is -2.23. The van der Waals surface area contributed by atoms with Crippen LogP contribution in [0.3, 0.4) is 0 Å². The number of hydrogen-bond acceptors (Lipinski definition) is 2. The Labute approximate surface area is 106 Å². The van der Waals surface area contributed by atoms with Crippen LogP contribution in [-0.4, -0.2) is 11.8 Å². The number of hydrogen-bond donors (Lipinski definition) is 2. The molecule has 0 aromatic heterocycles. The molecule has 0 radical (unpaired) electrons. The second kappa shape index (κ2) is 5.82. The molecule has 4 nitrogen and oxygen atoms in total. The van der Waals surface area contributed by atoms with Gasteiger partial charge in [-0.25, -0.2) is 0 Å². The number of primary amides is 2. The van der Waals surface area contributed by atoms with E-state index in [1.54, 1.807) is 18.2 Å². The number of carbonyl (C=O) groups excluding carboxylic acids is 2. The van der Waals surface area contributed by atoms with Crippen molar-refractivity contribution in [3.8, 4) is 0 Å². The van der Waals surface area contributed by atoms with Crippen molar-refractivity contribution in [2.24, 2.45) is 11.5 Å². The van der Waals surface area contributed by atoms with Crippen LogP contribution in [0, 0.1) is 0 Å². The van der Waals surface area contributed by atoms with E-state index in [1.807, 2.05) is 0 Å². The van der Waals surface area contributed by atoms with E-state index in [2.05, 4.69) is 13.2 Å². The lowest BCUT2D eigenvalue weighted by molar-refractivity contribution is 0.0966. The van der Waals surface area contributed by atoms with Crippen molar-refractivity contribution < 1.29 is 9.59 Å². The van der Waals surface area contributed by atoms with Crippen LogP contribution in [0.1, 0.15) is 31.8 Å². The Morgan fingerprint density at radius 2 is 1.67 bits per heavy atom. The second-order valence-corrected chi connectivity index (χ2v) is 3.84. The van der Waals surface area contributed by atoms with Crippen LogP contribution in [0.15, 0.2) is 37.4 Å². The average molecular weight is 244 g/mol. The maximum Gasteiger partial charge on any atom is 0.249 e. The molecule has 0 saturated carbocycles. The van der Waals surface area contributed by atoms with Crippen LogP contribution >= 0.6 is 0 Å². The van der Waals surface area contributed by atoms with Gasteiger partial charge in [-0.1, -0.05) is 18.2 Å². The first-order chi connectivity index (χ1) is 8.52. The third-order valence-electron chi connectivity index (χ3n) is 2.63. The molecule has 0 aliphatic rings. The van der Waals surface area contributed by atoms with Crippen molar-refractivity contribution in [2.45, 2.75) is 12.8 Å². The van der Waals surface area contributed by atoms with Crippen molar-refractivity contribution in [3.63, 3.8) is 0 Å². The Kier molecular flexibility index (Phi) is 4.43. The van der Waals surface area contributed by atoms with Crippen molar-refractivity contribution >= 4 is 11.8 Å². The highest BCUT2D eigenvalue weighted by Gasteiger charge is 2.19. The summed E-state index contributed by atoms with van der Waals surface area (Å²) in [5.74, 6) is -1.33. The zero-order valence-corrected chi connectivity index (χ0v) is 10.1. The van der Waals surface area contributed by atoms with Crippen LogP contribution < -0.4 is 11.5 Å². The van der Waals surface area contributed by atoms with E-state index in [4.69, 9.17) is 11.5 Å². The molecule has 4 N–H and O–H groups in total. The van der Waals surface area contributed by atoms with Gasteiger partial charge in [0, 0.05) is 0 Å². The summed E-state index contributed by atoms with van der Waals surface area (Å²) in [4.78, 5) is 22.9. The second-order valence-electron chi connectivity index (χ2n) is 3.84. The molecule has 0 unspecified atom stereocenters. The van der Waals surface area contributed by atoms with E-state index in [1.165, 1.54) is 6.07 Å². The maximum atomic E-state index is 11.5. The standard InChI is InChI=1S/C14H16N2O2/c1-3-5-9-7-8-11(13(15)17)12(14(16)18)10(9)6-4-2/h3-4,7-8H,1-2,5-6H2,(H2,15,17)(H2,16,18). The normalized spacial score (nSPS) is 9.78. The van der Waals surface area contributed by atoms with Gasteiger partial charge in [0.2, 0.25) is 11.8 Å². The van der Waals surface area contributed by atoms with Gasteiger partial charge < -0.3 is 11.5 Å². The molecule has 0 spiro atoms. The Balaban J connectivity index is 3.58. The van der Waals surface area contributed by atoms with Gasteiger partial charge in [-0.05, 0) is 30.0 Å². The van der Waals surface area contributed by atoms with E-state index >= 15 is 0 Å². The van der Waals surface area contributed by atoms with E-state index in [0.717, 1.165) is 5.56 Å². The van der Waals surface area contributed by atoms with Gasteiger partial charge >= 0.3 is 0 Å². The zero-order chi connectivity index (χ0) is 13.7. The largest absolute Gasteiger partial charge is 0.366 e. The molecule has 0 aliphatic carbocycles. The fraction of sp³-hybridized carbons (Fsp3) is 0.143. The molecule has 0 fully saturated rings. The molecule has 18 heavy (non-hydrogen) atoms. The van der Waals surface area contributed by atoms with Gasteiger partial charge in [-0.2, -0.15) is 0 Å². The molecule has 1 rings (SSSR count). The minimum absolute atomic E-state index is 0.146. The first-order valence-corrected chi connectivity index (χ1v) is 5.49. The van der Waals surface area contributed by atoms with Gasteiger partial charge in [0.1, 0.15) is 0 Å². The SMILES string of the molecule is C=CCc1ccc(C(N)=O)c(C(N)=O)c1CC=C. The summed E-state index contributed by atoms with van der Waals surface area (Å²) >= 11 is 0. The lowest BCUT2D eigenvalue weighted by atomic mass is 9.91. The van der Waals surface area contributed by atoms with Gasteiger partial charge in [-0.15, -0.1) is 13.2 Å². The van der Waals surface area contributed by atoms with Gasteiger partial charge in [0.15, 0.2) is 0 Å². The molecule has 2 amide bonds. The molecule has 0 aliphatic heterocycles. The van der Waals surface area contributed by atoms with Gasteiger partial charge in [-0.3, -0.25) is 9.59 Å². The van der Waals surface area contributed by atoms with Crippen molar-refractivity contribution in [1.29, 1.82) is 0 Å². The predicted molar refractivity (Wildman–Crippen MR) is 71.3 cm³/mol. The smallest absolute Gasteiger partial charge is 0.249 e. The van der Waals surface area contributed by atoms with Gasteiger partial charge in [0.05, 0.1) is 11.1 Å². The number of rotatable bonds is 6. The minimum Gasteiger partial charge on any atom is -0.366 e. The third kappa shape index (κ3) is 2.66. The summed E-state index contributed by atoms with van der Waals surface area (Å²) in [7, 11) is 0.